The van der Waals surface area contributed by atoms with Gasteiger partial charge >= 0.3 is 24.3 Å². The molecule has 2 atom stereocenters. The quantitative estimate of drug-likeness (QED) is 0.0311. The SMILES string of the molecule is CCCCCOC(C(=O)Oc1cnc(-c2ccc(-c3ccc(CCCC)cc3)cc2)nc1)C(F)(F)F.CCCCCOC(C(=O)Oc1cnc(-c2ccc(-c3ccc(CCCCC)cc3)cc2)nc1)C(F)(F)F. The second-order valence-corrected chi connectivity index (χ2v) is 17.4. The number of aryl methyl sites for hydroxylation is 2. The first-order chi connectivity index (χ1) is 35.1. The van der Waals surface area contributed by atoms with Gasteiger partial charge in [-0.15, -0.1) is 0 Å². The van der Waals surface area contributed by atoms with Gasteiger partial charge in [-0.05, 0) is 71.9 Å². The molecule has 2 aromatic heterocycles. The summed E-state index contributed by atoms with van der Waals surface area (Å²) in [5.74, 6) is -2.73. The van der Waals surface area contributed by atoms with Crippen LogP contribution in [-0.4, -0.2) is 69.6 Å². The number of alkyl halides is 6. The fourth-order valence-electron chi connectivity index (χ4n) is 7.39. The van der Waals surface area contributed by atoms with Crippen LogP contribution in [0.25, 0.3) is 45.0 Å². The fraction of sp³-hybridized carbons (Fsp3) is 0.404. The van der Waals surface area contributed by atoms with Crippen molar-refractivity contribution in [2.45, 2.75) is 136 Å². The molecule has 0 saturated heterocycles. The van der Waals surface area contributed by atoms with Crippen LogP contribution in [0.15, 0.2) is 122 Å². The summed E-state index contributed by atoms with van der Waals surface area (Å²) >= 11 is 0. The molecule has 0 bridgehead atoms. The minimum Gasteiger partial charge on any atom is -0.421 e. The third kappa shape index (κ3) is 18.8. The Labute approximate surface area is 423 Å². The van der Waals surface area contributed by atoms with E-state index in [0.717, 1.165) is 65.5 Å². The number of hydrogen-bond donors (Lipinski definition) is 0. The van der Waals surface area contributed by atoms with E-state index in [1.165, 1.54) is 61.6 Å². The van der Waals surface area contributed by atoms with Crippen LogP contribution in [0.2, 0.25) is 0 Å². The minimum atomic E-state index is -4.87. The van der Waals surface area contributed by atoms with Gasteiger partial charge in [0.1, 0.15) is 0 Å². The lowest BCUT2D eigenvalue weighted by atomic mass is 10.0. The molecule has 2 unspecified atom stereocenters. The van der Waals surface area contributed by atoms with E-state index in [1.54, 1.807) is 0 Å². The third-order valence-corrected chi connectivity index (χ3v) is 11.5. The number of hydrogen-bond acceptors (Lipinski definition) is 10. The summed E-state index contributed by atoms with van der Waals surface area (Å²) in [6, 6.07) is 32.3. The third-order valence-electron chi connectivity index (χ3n) is 11.5. The van der Waals surface area contributed by atoms with Gasteiger partial charge in [-0.1, -0.05) is 170 Å². The zero-order chi connectivity index (χ0) is 52.6. The molecule has 0 saturated carbocycles. The monoisotopic (exact) mass is 1010 g/mol. The van der Waals surface area contributed by atoms with Crippen molar-refractivity contribution in [3.8, 4) is 56.5 Å². The predicted molar refractivity (Wildman–Crippen MR) is 270 cm³/mol. The molecule has 0 fully saturated rings. The second-order valence-electron chi connectivity index (χ2n) is 17.4. The van der Waals surface area contributed by atoms with Gasteiger partial charge in [-0.2, -0.15) is 26.3 Å². The van der Waals surface area contributed by atoms with E-state index in [9.17, 15) is 35.9 Å². The lowest BCUT2D eigenvalue weighted by molar-refractivity contribution is -0.226. The molecule has 0 amide bonds. The molecule has 0 aliphatic rings. The van der Waals surface area contributed by atoms with Crippen molar-refractivity contribution in [1.82, 2.24) is 19.9 Å². The predicted octanol–water partition coefficient (Wildman–Crippen LogP) is 14.8. The van der Waals surface area contributed by atoms with Crippen LogP contribution in [0.5, 0.6) is 11.5 Å². The average molecular weight is 1020 g/mol. The highest BCUT2D eigenvalue weighted by Crippen LogP contribution is 2.29. The first-order valence-electron chi connectivity index (χ1n) is 25.0. The number of benzene rings is 4. The van der Waals surface area contributed by atoms with Crippen LogP contribution in [0.3, 0.4) is 0 Å². The summed E-state index contributed by atoms with van der Waals surface area (Å²) in [6.45, 7) is 7.85. The number of ether oxygens (including phenoxy) is 4. The molecule has 10 nitrogen and oxygen atoms in total. The first-order valence-corrected chi connectivity index (χ1v) is 25.0. The van der Waals surface area contributed by atoms with Crippen LogP contribution in [0, 0.1) is 0 Å². The Kier molecular flexibility index (Phi) is 23.0. The van der Waals surface area contributed by atoms with E-state index < -0.39 is 36.5 Å². The molecule has 0 N–H and O–H groups in total. The molecule has 390 valence electrons. The lowest BCUT2D eigenvalue weighted by Crippen LogP contribution is -2.42. The van der Waals surface area contributed by atoms with E-state index in [-0.39, 0.29) is 24.7 Å². The molecule has 0 aliphatic heterocycles. The maximum absolute atomic E-state index is 13.2. The van der Waals surface area contributed by atoms with Gasteiger partial charge in [0.05, 0.1) is 24.8 Å². The van der Waals surface area contributed by atoms with E-state index >= 15 is 0 Å². The number of aromatic nitrogens is 4. The number of halogens is 6. The van der Waals surface area contributed by atoms with Crippen molar-refractivity contribution in [3.63, 3.8) is 0 Å². The zero-order valence-electron chi connectivity index (χ0n) is 41.8. The topological polar surface area (TPSA) is 123 Å². The van der Waals surface area contributed by atoms with E-state index in [0.29, 0.717) is 37.3 Å². The van der Waals surface area contributed by atoms with E-state index in [2.05, 4.69) is 82.3 Å². The Morgan fingerprint density at radius 1 is 0.411 bits per heavy atom. The summed E-state index contributed by atoms with van der Waals surface area (Å²) in [5, 5.41) is 0. The molecule has 73 heavy (non-hydrogen) atoms. The van der Waals surface area contributed by atoms with E-state index in [1.807, 2.05) is 62.4 Å². The summed E-state index contributed by atoms with van der Waals surface area (Å²) in [6.07, 6.45) is 1.69. The molecular formula is C57H64F6N4O6. The highest BCUT2D eigenvalue weighted by atomic mass is 19.4. The van der Waals surface area contributed by atoms with Crippen LogP contribution in [-0.2, 0) is 31.9 Å². The maximum Gasteiger partial charge on any atom is 0.425 e. The van der Waals surface area contributed by atoms with Gasteiger partial charge in [-0.25, -0.2) is 29.5 Å². The molecule has 16 heteroatoms. The summed E-state index contributed by atoms with van der Waals surface area (Å²) in [7, 11) is 0. The smallest absolute Gasteiger partial charge is 0.421 e. The van der Waals surface area contributed by atoms with Crippen molar-refractivity contribution < 1.29 is 54.9 Å². The maximum atomic E-state index is 13.2. The Morgan fingerprint density at radius 2 is 0.699 bits per heavy atom. The van der Waals surface area contributed by atoms with Gasteiger partial charge in [0, 0.05) is 24.3 Å². The number of rotatable bonds is 25. The number of esters is 2. The Bertz CT molecular complexity index is 2540. The second kappa shape index (κ2) is 29.2. The summed E-state index contributed by atoms with van der Waals surface area (Å²) < 4.78 is 98.7. The van der Waals surface area contributed by atoms with Gasteiger partial charge in [0.25, 0.3) is 12.2 Å². The Hall–Kier alpha value is -6.52. The number of carbonyl (C=O) groups is 2. The molecular weight excluding hydrogens is 951 g/mol. The highest BCUT2D eigenvalue weighted by molar-refractivity contribution is 5.79. The lowest BCUT2D eigenvalue weighted by Gasteiger charge is -2.19. The number of nitrogens with zero attached hydrogens (tertiary/aromatic N) is 4. The average Bonchev–Trinajstić information content (AvgIpc) is 3.38. The zero-order valence-corrected chi connectivity index (χ0v) is 41.8. The van der Waals surface area contributed by atoms with E-state index in [4.69, 9.17) is 18.9 Å². The van der Waals surface area contributed by atoms with Crippen molar-refractivity contribution in [2.24, 2.45) is 0 Å². The first kappa shape index (κ1) is 57.4. The van der Waals surface area contributed by atoms with Crippen LogP contribution in [0.1, 0.15) is 109 Å². The molecule has 6 rings (SSSR count). The fourth-order valence-corrected chi connectivity index (χ4v) is 7.39. The molecule has 6 aromatic rings. The van der Waals surface area contributed by atoms with Gasteiger partial charge in [0.2, 0.25) is 0 Å². The van der Waals surface area contributed by atoms with Crippen LogP contribution < -0.4 is 9.47 Å². The van der Waals surface area contributed by atoms with Crippen molar-refractivity contribution in [1.29, 1.82) is 0 Å². The number of unbranched alkanes of at least 4 members (excludes halogenated alkanes) is 7. The standard InChI is InChI=1S/C29H33F3N2O3.C28H31F3N2O3/c1-3-5-7-9-21-10-12-22(13-11-21)23-14-16-24(17-15-23)27-33-19-25(20-34-27)37-28(35)26(29(30,31)32)36-18-8-6-4-2;1-3-5-7-17-35-25(28(29,30)31)27(34)36-24-18-32-26(33-19-24)23-15-13-22(14-16-23)21-11-9-20(10-12-21)8-6-4-2/h10-17,19-20,26H,3-9,18H2,1-2H3;9-16,18-19,25H,3-8,17H2,1-2H3. The molecule has 0 spiro atoms. The summed E-state index contributed by atoms with van der Waals surface area (Å²) in [4.78, 5) is 40.8. The van der Waals surface area contributed by atoms with Crippen molar-refractivity contribution >= 4 is 11.9 Å². The van der Waals surface area contributed by atoms with Crippen LogP contribution in [0.4, 0.5) is 26.3 Å². The minimum absolute atomic E-state index is 0.179. The molecule has 0 radical (unpaired) electrons. The van der Waals surface area contributed by atoms with Crippen molar-refractivity contribution in [2.75, 3.05) is 13.2 Å². The van der Waals surface area contributed by atoms with Gasteiger partial charge < -0.3 is 18.9 Å². The van der Waals surface area contributed by atoms with Gasteiger partial charge in [0.15, 0.2) is 23.1 Å². The number of carbonyl (C=O) groups excluding carboxylic acids is 2. The largest absolute Gasteiger partial charge is 0.425 e. The van der Waals surface area contributed by atoms with Gasteiger partial charge in [-0.3, -0.25) is 0 Å². The van der Waals surface area contributed by atoms with Crippen molar-refractivity contribution in [3.05, 3.63) is 133 Å². The highest BCUT2D eigenvalue weighted by Gasteiger charge is 2.48. The summed E-state index contributed by atoms with van der Waals surface area (Å²) in [5.41, 5.74) is 8.39. The molecule has 0 aliphatic carbocycles. The Balaban J connectivity index is 0.000000271. The molecule has 4 aromatic carbocycles. The Morgan fingerprint density at radius 3 is 1.01 bits per heavy atom. The van der Waals surface area contributed by atoms with Crippen LogP contribution >= 0.6 is 0 Å². The molecule has 2 heterocycles. The normalized spacial score (nSPS) is 12.4.